The third kappa shape index (κ3) is 5.21. The highest BCUT2D eigenvalue weighted by molar-refractivity contribution is 6.04. The Hall–Kier alpha value is -3.08. The molecule has 2 amide bonds. The predicted octanol–water partition coefficient (Wildman–Crippen LogP) is 3.32. The van der Waals surface area contributed by atoms with Crippen molar-refractivity contribution in [2.24, 2.45) is 0 Å². The maximum absolute atomic E-state index is 12.4. The highest BCUT2D eigenvalue weighted by Crippen LogP contribution is 2.17. The van der Waals surface area contributed by atoms with Crippen LogP contribution in [0.25, 0.3) is 0 Å². The van der Waals surface area contributed by atoms with E-state index in [2.05, 4.69) is 17.2 Å². The van der Waals surface area contributed by atoms with Gasteiger partial charge in [0.25, 0.3) is 11.8 Å². The van der Waals surface area contributed by atoms with Gasteiger partial charge in [-0.05, 0) is 38.1 Å². The number of para-hydroxylation sites is 1. The normalized spacial score (nSPS) is 11.3. The highest BCUT2D eigenvalue weighted by Gasteiger charge is 2.18. The predicted molar refractivity (Wildman–Crippen MR) is 98.9 cm³/mol. The van der Waals surface area contributed by atoms with Crippen LogP contribution in [-0.4, -0.2) is 24.5 Å². The van der Waals surface area contributed by atoms with Gasteiger partial charge in [0, 0.05) is 6.54 Å². The van der Waals surface area contributed by atoms with Gasteiger partial charge in [-0.15, -0.1) is 6.58 Å². The number of nitrogens with one attached hydrogen (secondary N) is 2. The SMILES string of the molecule is C=CCNC(=O)c1ccccc1NC(=O)[C@@H](C)Oc1ccc(C)cc1. The number of benzene rings is 2. The van der Waals surface area contributed by atoms with E-state index in [1.807, 2.05) is 31.2 Å². The number of anilines is 1. The van der Waals surface area contributed by atoms with E-state index >= 15 is 0 Å². The van der Waals surface area contributed by atoms with Crippen molar-refractivity contribution in [2.45, 2.75) is 20.0 Å². The molecule has 5 nitrogen and oxygen atoms in total. The zero-order valence-electron chi connectivity index (χ0n) is 14.4. The van der Waals surface area contributed by atoms with Gasteiger partial charge in [-0.25, -0.2) is 0 Å². The Morgan fingerprint density at radius 2 is 1.84 bits per heavy atom. The van der Waals surface area contributed by atoms with Crippen molar-refractivity contribution in [1.29, 1.82) is 0 Å². The summed E-state index contributed by atoms with van der Waals surface area (Å²) >= 11 is 0. The monoisotopic (exact) mass is 338 g/mol. The molecule has 2 aromatic rings. The Morgan fingerprint density at radius 3 is 2.52 bits per heavy atom. The number of carbonyl (C=O) groups is 2. The second kappa shape index (κ2) is 8.68. The van der Waals surface area contributed by atoms with E-state index in [1.165, 1.54) is 0 Å². The molecular weight excluding hydrogens is 316 g/mol. The molecule has 0 saturated heterocycles. The number of rotatable bonds is 7. The van der Waals surface area contributed by atoms with Crippen molar-refractivity contribution in [3.8, 4) is 5.75 Å². The van der Waals surface area contributed by atoms with Gasteiger partial charge in [-0.2, -0.15) is 0 Å². The topological polar surface area (TPSA) is 67.4 Å². The lowest BCUT2D eigenvalue weighted by Gasteiger charge is -2.16. The number of aryl methyl sites for hydroxylation is 1. The molecule has 5 heteroatoms. The first kappa shape index (κ1) is 18.3. The number of ether oxygens (including phenoxy) is 1. The van der Waals surface area contributed by atoms with Gasteiger partial charge in [-0.3, -0.25) is 9.59 Å². The van der Waals surface area contributed by atoms with Crippen molar-refractivity contribution < 1.29 is 14.3 Å². The van der Waals surface area contributed by atoms with Crippen LogP contribution in [0.1, 0.15) is 22.8 Å². The van der Waals surface area contributed by atoms with Gasteiger partial charge < -0.3 is 15.4 Å². The molecule has 0 aliphatic heterocycles. The van der Waals surface area contributed by atoms with E-state index in [4.69, 9.17) is 4.74 Å². The fraction of sp³-hybridized carbons (Fsp3) is 0.200. The minimum atomic E-state index is -0.702. The molecule has 0 unspecified atom stereocenters. The summed E-state index contributed by atoms with van der Waals surface area (Å²) in [5.41, 5.74) is 1.94. The molecular formula is C20H22N2O3. The maximum Gasteiger partial charge on any atom is 0.265 e. The van der Waals surface area contributed by atoms with E-state index in [-0.39, 0.29) is 11.8 Å². The molecule has 0 aromatic heterocycles. The minimum absolute atomic E-state index is 0.275. The molecule has 130 valence electrons. The van der Waals surface area contributed by atoms with Crippen LogP contribution in [-0.2, 0) is 4.79 Å². The average molecular weight is 338 g/mol. The molecule has 25 heavy (non-hydrogen) atoms. The molecule has 0 bridgehead atoms. The van der Waals surface area contributed by atoms with Crippen molar-refractivity contribution in [1.82, 2.24) is 5.32 Å². The van der Waals surface area contributed by atoms with Crippen molar-refractivity contribution >= 4 is 17.5 Å². The fourth-order valence-electron chi connectivity index (χ4n) is 2.16. The van der Waals surface area contributed by atoms with E-state index < -0.39 is 6.10 Å². The Bertz CT molecular complexity index is 754. The quantitative estimate of drug-likeness (QED) is 0.761. The summed E-state index contributed by atoms with van der Waals surface area (Å²) in [5, 5.41) is 5.45. The van der Waals surface area contributed by atoms with Gasteiger partial charge in [0.05, 0.1) is 11.3 Å². The first-order chi connectivity index (χ1) is 12.0. The third-order valence-electron chi connectivity index (χ3n) is 3.54. The number of hydrogen-bond donors (Lipinski definition) is 2. The Kier molecular flexibility index (Phi) is 6.34. The van der Waals surface area contributed by atoms with Gasteiger partial charge in [0.2, 0.25) is 0 Å². The zero-order valence-corrected chi connectivity index (χ0v) is 14.4. The van der Waals surface area contributed by atoms with E-state index in [0.29, 0.717) is 23.5 Å². The van der Waals surface area contributed by atoms with E-state index in [9.17, 15) is 9.59 Å². The van der Waals surface area contributed by atoms with Crippen LogP contribution in [0.2, 0.25) is 0 Å². The molecule has 0 aliphatic carbocycles. The van der Waals surface area contributed by atoms with Gasteiger partial charge in [-0.1, -0.05) is 35.9 Å². The largest absolute Gasteiger partial charge is 0.481 e. The first-order valence-corrected chi connectivity index (χ1v) is 8.03. The summed E-state index contributed by atoms with van der Waals surface area (Å²) in [6, 6.07) is 14.3. The molecule has 0 heterocycles. The lowest BCUT2D eigenvalue weighted by molar-refractivity contribution is -0.122. The lowest BCUT2D eigenvalue weighted by atomic mass is 10.1. The standard InChI is InChI=1S/C20H22N2O3/c1-4-13-21-20(24)17-7-5-6-8-18(17)22-19(23)15(3)25-16-11-9-14(2)10-12-16/h4-12,15H,1,13H2,2-3H3,(H,21,24)(H,22,23)/t15-/m1/s1. The van der Waals surface area contributed by atoms with Gasteiger partial charge >= 0.3 is 0 Å². The van der Waals surface area contributed by atoms with Crippen LogP contribution in [0.5, 0.6) is 5.75 Å². The van der Waals surface area contributed by atoms with E-state index in [1.54, 1.807) is 37.3 Å². The summed E-state index contributed by atoms with van der Waals surface area (Å²) in [4.78, 5) is 24.5. The van der Waals surface area contributed by atoms with Gasteiger partial charge in [0.15, 0.2) is 6.10 Å². The Labute approximate surface area is 147 Å². The smallest absolute Gasteiger partial charge is 0.265 e. The molecule has 2 aromatic carbocycles. The first-order valence-electron chi connectivity index (χ1n) is 8.03. The Balaban J connectivity index is 2.05. The van der Waals surface area contributed by atoms with Crippen molar-refractivity contribution in [2.75, 3.05) is 11.9 Å². The van der Waals surface area contributed by atoms with E-state index in [0.717, 1.165) is 5.56 Å². The van der Waals surface area contributed by atoms with Crippen molar-refractivity contribution in [3.05, 3.63) is 72.3 Å². The maximum atomic E-state index is 12.4. The molecule has 1 atom stereocenters. The number of amides is 2. The summed E-state index contributed by atoms with van der Waals surface area (Å²) in [5.74, 6) is 0.0118. The van der Waals surface area contributed by atoms with Crippen molar-refractivity contribution in [3.63, 3.8) is 0 Å². The molecule has 2 N–H and O–H groups in total. The molecule has 2 rings (SSSR count). The average Bonchev–Trinajstić information content (AvgIpc) is 2.62. The van der Waals surface area contributed by atoms with Crippen LogP contribution in [0.15, 0.2) is 61.2 Å². The highest BCUT2D eigenvalue weighted by atomic mass is 16.5. The summed E-state index contributed by atoms with van der Waals surface area (Å²) in [7, 11) is 0. The van der Waals surface area contributed by atoms with Crippen LogP contribution in [0.4, 0.5) is 5.69 Å². The van der Waals surface area contributed by atoms with Crippen LogP contribution < -0.4 is 15.4 Å². The summed E-state index contributed by atoms with van der Waals surface area (Å²) in [6.07, 6.45) is 0.892. The number of hydrogen-bond acceptors (Lipinski definition) is 3. The lowest BCUT2D eigenvalue weighted by Crippen LogP contribution is -2.31. The van der Waals surface area contributed by atoms with Crippen LogP contribution in [0.3, 0.4) is 0 Å². The summed E-state index contributed by atoms with van der Waals surface area (Å²) in [6.45, 7) is 7.56. The van der Waals surface area contributed by atoms with Gasteiger partial charge in [0.1, 0.15) is 5.75 Å². The second-order valence-electron chi connectivity index (χ2n) is 5.61. The zero-order chi connectivity index (χ0) is 18.2. The summed E-state index contributed by atoms with van der Waals surface area (Å²) < 4.78 is 5.64. The molecule has 0 saturated carbocycles. The molecule has 0 aliphatic rings. The Morgan fingerprint density at radius 1 is 1.16 bits per heavy atom. The third-order valence-corrected chi connectivity index (χ3v) is 3.54. The molecule has 0 fully saturated rings. The second-order valence-corrected chi connectivity index (χ2v) is 5.61. The number of carbonyl (C=O) groups excluding carboxylic acids is 2. The molecule has 0 radical (unpaired) electrons. The fourth-order valence-corrected chi connectivity index (χ4v) is 2.16. The van der Waals surface area contributed by atoms with Crippen LogP contribution >= 0.6 is 0 Å². The molecule has 0 spiro atoms. The van der Waals surface area contributed by atoms with Crippen LogP contribution in [0, 0.1) is 6.92 Å². The minimum Gasteiger partial charge on any atom is -0.481 e.